The lowest BCUT2D eigenvalue weighted by molar-refractivity contribution is -0.605. The summed E-state index contributed by atoms with van der Waals surface area (Å²) in [6, 6.07) is 118. The largest absolute Gasteiger partial charge is 0.214 e. The van der Waals surface area contributed by atoms with Crippen LogP contribution in [0.4, 0.5) is 0 Å². The summed E-state index contributed by atoms with van der Waals surface area (Å²) in [5.74, 6) is 0. The van der Waals surface area contributed by atoms with E-state index in [0.29, 0.717) is 0 Å². The second kappa shape index (κ2) is 26.2. The van der Waals surface area contributed by atoms with Crippen molar-refractivity contribution in [1.29, 1.82) is 5.26 Å². The number of para-hydroxylation sites is 4. The van der Waals surface area contributed by atoms with Crippen molar-refractivity contribution in [3.05, 3.63) is 422 Å². The molecule has 5 nitrogen and oxygen atoms in total. The minimum Gasteiger partial charge on any atom is -0.192 e. The van der Waals surface area contributed by atoms with Crippen molar-refractivity contribution in [2.24, 2.45) is 0 Å². The number of fused-ring (bicyclic) bond motifs is 32. The molecular formula is C110H83N5Si+4. The van der Waals surface area contributed by atoms with Crippen LogP contribution in [-0.2, 0) is 51.4 Å². The van der Waals surface area contributed by atoms with Crippen molar-refractivity contribution in [2.45, 2.75) is 84.9 Å². The molecule has 8 heterocycles. The quantitative estimate of drug-likeness (QED) is 0.128. The van der Waals surface area contributed by atoms with Gasteiger partial charge in [0.25, 0.3) is 0 Å². The first kappa shape index (κ1) is 68.1. The molecule has 0 saturated heterocycles. The van der Waals surface area contributed by atoms with Crippen LogP contribution in [0.1, 0.15) is 107 Å². The van der Waals surface area contributed by atoms with E-state index < -0.39 is 8.07 Å². The molecule has 116 heavy (non-hydrogen) atoms. The molecule has 18 aromatic rings. The predicted molar refractivity (Wildman–Crippen MR) is 474 cm³/mol. The maximum absolute atomic E-state index is 9.92. The van der Waals surface area contributed by atoms with Crippen LogP contribution >= 0.6 is 0 Å². The summed E-state index contributed by atoms with van der Waals surface area (Å²) < 4.78 is 10.0. The number of hydrogen-bond acceptors (Lipinski definition) is 1. The summed E-state index contributed by atoms with van der Waals surface area (Å²) in [5, 5.41) is 22.0. The lowest BCUT2D eigenvalue weighted by Gasteiger charge is -2.23. The Morgan fingerprint density at radius 2 is 0.621 bits per heavy atom. The van der Waals surface area contributed by atoms with Crippen LogP contribution in [0.15, 0.2) is 315 Å². The smallest absolute Gasteiger partial charge is 0.192 e. The lowest BCUT2D eigenvalue weighted by Crippen LogP contribution is -2.40. The van der Waals surface area contributed by atoms with Crippen LogP contribution < -0.4 is 23.5 Å². The van der Waals surface area contributed by atoms with E-state index in [1.54, 1.807) is 5.19 Å². The molecular weight excluding hydrogens is 1420 g/mol. The Hall–Kier alpha value is -13.6. The molecule has 0 saturated carbocycles. The van der Waals surface area contributed by atoms with Gasteiger partial charge in [0.1, 0.15) is 6.07 Å². The Balaban J connectivity index is 0.0000000923. The maximum Gasteiger partial charge on any atom is 0.214 e. The molecule has 548 valence electrons. The molecule has 4 aliphatic heterocycles. The molecule has 0 fully saturated rings. The van der Waals surface area contributed by atoms with Gasteiger partial charge in [-0.2, -0.15) is 23.5 Å². The average molecular weight is 1500 g/mol. The third-order valence-corrected chi connectivity index (χ3v) is 28.4. The molecule has 6 heteroatoms. The Morgan fingerprint density at radius 3 is 1.09 bits per heavy atom. The number of benzene rings is 14. The zero-order valence-corrected chi connectivity index (χ0v) is 66.9. The van der Waals surface area contributed by atoms with Gasteiger partial charge < -0.3 is 0 Å². The van der Waals surface area contributed by atoms with Gasteiger partial charge in [0.05, 0.1) is 87.3 Å². The highest BCUT2D eigenvalue weighted by Crippen LogP contribution is 2.50. The molecule has 0 bridgehead atoms. The fourth-order valence-corrected chi connectivity index (χ4v) is 23.6. The second-order valence-electron chi connectivity index (χ2n) is 34.0. The summed E-state index contributed by atoms with van der Waals surface area (Å²) in [5.41, 5.74) is 47.7. The summed E-state index contributed by atoms with van der Waals surface area (Å²) >= 11 is 0. The van der Waals surface area contributed by atoms with Crippen LogP contribution in [0.3, 0.4) is 0 Å². The van der Waals surface area contributed by atoms with Gasteiger partial charge in [-0.15, -0.1) is 0 Å². The summed E-state index contributed by atoms with van der Waals surface area (Å²) in [6.45, 7) is 12.0. The Kier molecular flexibility index (Phi) is 15.4. The third kappa shape index (κ3) is 10.5. The molecule has 0 N–H and O–H groups in total. The number of rotatable bonds is 3. The van der Waals surface area contributed by atoms with Crippen LogP contribution in [0.2, 0.25) is 19.6 Å². The molecule has 4 aliphatic carbocycles. The first-order valence-corrected chi connectivity index (χ1v) is 44.8. The van der Waals surface area contributed by atoms with E-state index in [4.69, 9.17) is 0 Å². The van der Waals surface area contributed by atoms with Crippen LogP contribution in [0, 0.1) is 25.2 Å². The molecule has 0 radical (unpaired) electrons. The molecule has 0 atom stereocenters. The standard InChI is InChI=1S/C36H26N.C26H24NSi.C24H15N2.C24H18N/c1-23-15-16-25(24-9-3-2-4-10-24)21-32(23)36-30-13-7-5-11-26(30)19-28-22-34-31(35(28)36)18-17-29-20-27-12-6-8-14-33(27)37(29)34;1-28(2,3)26-21-10-6-4-8-17(21)14-19-16-24-22(25(19)26)13-12-20-15-18-9-5-7-11-23(18)27(20)24;25-14-21-19-7-3-1-5-15(19)11-17-13-23-20(24(17)21)10-9-18-12-16-6-2-4-8-22(16)26(18)23;1-15-20-8-4-2-6-16(20)12-18-14-23-21(24(15)18)11-10-19-13-17-7-3-5-9-22(17)25(19)23/h2-19,21H,20,22H2,1H3;4-14H,15-16H2,1-3H3;1-11H,12-13H2;2-12H,13-14H2,1H3/q4*+1. The van der Waals surface area contributed by atoms with Crippen molar-refractivity contribution in [2.75, 3.05) is 0 Å². The Bertz CT molecular complexity index is 7410. The van der Waals surface area contributed by atoms with Crippen molar-refractivity contribution in [3.63, 3.8) is 0 Å². The molecule has 14 aromatic carbocycles. The van der Waals surface area contributed by atoms with Crippen LogP contribution in [0.5, 0.6) is 0 Å². The first-order valence-electron chi connectivity index (χ1n) is 41.3. The van der Waals surface area contributed by atoms with E-state index in [1.807, 2.05) is 12.1 Å². The van der Waals surface area contributed by atoms with Crippen LogP contribution in [-0.4, -0.2) is 8.07 Å². The first-order chi connectivity index (χ1) is 56.9. The van der Waals surface area contributed by atoms with Crippen LogP contribution in [0.25, 0.3) is 133 Å². The molecule has 8 aliphatic rings. The van der Waals surface area contributed by atoms with E-state index in [0.717, 1.165) is 73.3 Å². The summed E-state index contributed by atoms with van der Waals surface area (Å²) in [7, 11) is -1.53. The van der Waals surface area contributed by atoms with E-state index in [2.05, 4.69) is 361 Å². The fraction of sp³-hybridized carbons (Fsp3) is 0.118. The van der Waals surface area contributed by atoms with E-state index in [9.17, 15) is 5.26 Å². The molecule has 26 rings (SSSR count). The summed E-state index contributed by atoms with van der Waals surface area (Å²) in [6.07, 6.45) is 7.98. The number of aromatic nitrogens is 4. The summed E-state index contributed by atoms with van der Waals surface area (Å²) in [4.78, 5) is 0. The van der Waals surface area contributed by atoms with Gasteiger partial charge in [-0.05, 0) is 178 Å². The zero-order valence-electron chi connectivity index (χ0n) is 65.9. The zero-order chi connectivity index (χ0) is 77.3. The number of pyridine rings is 4. The highest BCUT2D eigenvalue weighted by molar-refractivity contribution is 6.91. The van der Waals surface area contributed by atoms with Crippen molar-refractivity contribution in [1.82, 2.24) is 0 Å². The average Bonchev–Trinajstić information content (AvgIpc) is 1.56. The fourth-order valence-electron chi connectivity index (χ4n) is 21.5. The maximum atomic E-state index is 9.92. The molecule has 0 amide bonds. The SMILES string of the molecule is C[Si](C)(C)c1c2c(cc3ccccc13)Cc1c-2ccc2[n+]1-c1ccccc1C2.Cc1c2c(cc3ccccc13)Cc1c-2ccc2[n+]1-c1ccccc1C2.Cc1ccc(-c2ccccc2)cc1-c1c2c(cc3ccccc13)Cc1c-2ccc2[n+]1-c1ccccc1C2.N#Cc1c2c(cc3ccccc13)Cc1c-2ccc2[n+]1-c1ccccc1C2. The van der Waals surface area contributed by atoms with E-state index in [-0.39, 0.29) is 0 Å². The van der Waals surface area contributed by atoms with Crippen molar-refractivity contribution >= 4 is 56.4 Å². The molecule has 0 spiro atoms. The number of aryl methyl sites for hydroxylation is 2. The topological polar surface area (TPSA) is 39.3 Å². The highest BCUT2D eigenvalue weighted by Gasteiger charge is 2.43. The van der Waals surface area contributed by atoms with Gasteiger partial charge in [0.15, 0.2) is 45.6 Å². The molecule has 4 aromatic heterocycles. The number of hydrogen-bond donors (Lipinski definition) is 0. The van der Waals surface area contributed by atoms with Gasteiger partial charge in [-0.25, -0.2) is 0 Å². The lowest BCUT2D eigenvalue weighted by atomic mass is 9.86. The Labute approximate surface area is 677 Å². The Morgan fingerprint density at radius 1 is 0.267 bits per heavy atom. The van der Waals surface area contributed by atoms with Crippen molar-refractivity contribution in [3.8, 4) is 95.6 Å². The monoisotopic (exact) mass is 1500 g/mol. The third-order valence-electron chi connectivity index (χ3n) is 26.4. The van der Waals surface area contributed by atoms with Gasteiger partial charge in [0.2, 0.25) is 22.7 Å². The minimum absolute atomic E-state index is 0.809. The molecule has 0 unspecified atom stereocenters. The van der Waals surface area contributed by atoms with E-state index >= 15 is 0 Å². The predicted octanol–water partition coefficient (Wildman–Crippen LogP) is 22.7. The van der Waals surface area contributed by atoms with E-state index in [1.165, 1.54) is 217 Å². The van der Waals surface area contributed by atoms with Gasteiger partial charge in [0, 0.05) is 87.3 Å². The normalized spacial score (nSPS) is 13.3. The number of nitrogens with zero attached hydrogens (tertiary/aromatic N) is 5. The van der Waals surface area contributed by atoms with Gasteiger partial charge >= 0.3 is 0 Å². The minimum atomic E-state index is -1.53. The second-order valence-corrected chi connectivity index (χ2v) is 39.0. The highest BCUT2D eigenvalue weighted by atomic mass is 28.3. The van der Waals surface area contributed by atoms with Crippen molar-refractivity contribution < 1.29 is 18.3 Å². The van der Waals surface area contributed by atoms with Gasteiger partial charge in [-0.1, -0.05) is 232 Å². The number of nitriles is 1. The van der Waals surface area contributed by atoms with Gasteiger partial charge in [-0.3, -0.25) is 0 Å².